The molecule has 1 fully saturated rings. The Morgan fingerprint density at radius 2 is 1.94 bits per heavy atom. The second-order valence-corrected chi connectivity index (χ2v) is 9.88. The Kier molecular flexibility index (Phi) is 5.39. The van der Waals surface area contributed by atoms with Crippen molar-refractivity contribution in [1.29, 1.82) is 0 Å². The first kappa shape index (κ1) is 21.9. The fourth-order valence-electron chi connectivity index (χ4n) is 4.14. The molecule has 2 aliphatic heterocycles. The molecule has 0 saturated carbocycles. The van der Waals surface area contributed by atoms with Crippen molar-refractivity contribution in [2.75, 3.05) is 4.90 Å². The van der Waals surface area contributed by atoms with Crippen molar-refractivity contribution in [2.24, 2.45) is 0 Å². The third-order valence-electron chi connectivity index (χ3n) is 5.59. The Morgan fingerprint density at radius 1 is 1.15 bits per heavy atom. The molecule has 3 heterocycles. The van der Waals surface area contributed by atoms with Crippen LogP contribution >= 0.6 is 34.5 Å². The summed E-state index contributed by atoms with van der Waals surface area (Å²) in [6.45, 7) is 3.71. The van der Waals surface area contributed by atoms with Crippen LogP contribution < -0.4 is 9.64 Å². The maximum Gasteiger partial charge on any atom is 0.301 e. The Labute approximate surface area is 203 Å². The van der Waals surface area contributed by atoms with Gasteiger partial charge in [-0.25, -0.2) is 0 Å². The quantitative estimate of drug-likeness (QED) is 0.304. The van der Waals surface area contributed by atoms with Gasteiger partial charge in [0.2, 0.25) is 5.13 Å². The summed E-state index contributed by atoms with van der Waals surface area (Å²) in [6, 6.07) is 9.08. The first-order chi connectivity index (χ1) is 15.7. The van der Waals surface area contributed by atoms with Crippen molar-refractivity contribution in [3.8, 4) is 5.75 Å². The SMILES string of the molecule is Cc1nnc(N2C(=O)C(=O)/C(=C(\O)c3ccc4c(c3)CC(C)O4)C2c2ccc(Cl)c(Cl)c2)s1. The Morgan fingerprint density at radius 3 is 2.64 bits per heavy atom. The molecule has 7 nitrogen and oxygen atoms in total. The Bertz CT molecular complexity index is 1350. The summed E-state index contributed by atoms with van der Waals surface area (Å²) < 4.78 is 5.73. The zero-order valence-electron chi connectivity index (χ0n) is 17.5. The summed E-state index contributed by atoms with van der Waals surface area (Å²) >= 11 is 13.5. The van der Waals surface area contributed by atoms with Crippen molar-refractivity contribution >= 4 is 57.1 Å². The lowest BCUT2D eigenvalue weighted by molar-refractivity contribution is -0.132. The molecular formula is C23H17Cl2N3O4S. The van der Waals surface area contributed by atoms with Crippen molar-refractivity contribution in [1.82, 2.24) is 10.2 Å². The van der Waals surface area contributed by atoms with Crippen molar-refractivity contribution < 1.29 is 19.4 Å². The van der Waals surface area contributed by atoms with Crippen molar-refractivity contribution in [3.05, 3.63) is 73.7 Å². The minimum atomic E-state index is -0.949. The lowest BCUT2D eigenvalue weighted by Crippen LogP contribution is -2.29. The zero-order valence-corrected chi connectivity index (χ0v) is 19.8. The van der Waals surface area contributed by atoms with Crippen LogP contribution in [0.5, 0.6) is 5.75 Å². The van der Waals surface area contributed by atoms with E-state index in [2.05, 4.69) is 10.2 Å². The molecule has 5 rings (SSSR count). The maximum absolute atomic E-state index is 13.2. The number of rotatable bonds is 3. The van der Waals surface area contributed by atoms with E-state index in [0.717, 1.165) is 11.3 Å². The number of carbonyl (C=O) groups is 2. The molecule has 10 heteroatoms. The molecule has 1 saturated heterocycles. The number of hydrogen-bond donors (Lipinski definition) is 1. The van der Waals surface area contributed by atoms with Gasteiger partial charge in [-0.1, -0.05) is 40.6 Å². The minimum Gasteiger partial charge on any atom is -0.507 e. The normalized spacial score (nSPS) is 21.4. The molecule has 1 N–H and O–H groups in total. The number of aliphatic hydroxyl groups is 1. The molecule has 2 aliphatic rings. The van der Waals surface area contributed by atoms with E-state index in [9.17, 15) is 14.7 Å². The van der Waals surface area contributed by atoms with Gasteiger partial charge in [0.25, 0.3) is 5.78 Å². The molecule has 33 heavy (non-hydrogen) atoms. The first-order valence-corrected chi connectivity index (χ1v) is 11.7. The summed E-state index contributed by atoms with van der Waals surface area (Å²) in [6.07, 6.45) is 0.713. The topological polar surface area (TPSA) is 92.6 Å². The van der Waals surface area contributed by atoms with E-state index >= 15 is 0 Å². The van der Waals surface area contributed by atoms with Crippen LogP contribution in [0.3, 0.4) is 0 Å². The van der Waals surface area contributed by atoms with E-state index in [-0.39, 0.29) is 27.6 Å². The van der Waals surface area contributed by atoms with Gasteiger partial charge < -0.3 is 9.84 Å². The van der Waals surface area contributed by atoms with Crippen LogP contribution in [0.25, 0.3) is 5.76 Å². The number of carbonyl (C=O) groups excluding carboxylic acids is 2. The number of fused-ring (bicyclic) bond motifs is 1. The number of aliphatic hydroxyl groups excluding tert-OH is 1. The number of aromatic nitrogens is 2. The second-order valence-electron chi connectivity index (χ2n) is 7.90. The lowest BCUT2D eigenvalue weighted by Gasteiger charge is -2.23. The van der Waals surface area contributed by atoms with Gasteiger partial charge in [-0.3, -0.25) is 14.5 Å². The highest BCUT2D eigenvalue weighted by Gasteiger charge is 2.48. The molecular weight excluding hydrogens is 485 g/mol. The number of benzene rings is 2. The third kappa shape index (κ3) is 3.68. The van der Waals surface area contributed by atoms with Gasteiger partial charge in [-0.15, -0.1) is 10.2 Å². The molecule has 168 valence electrons. The molecule has 0 radical (unpaired) electrons. The number of ether oxygens (including phenoxy) is 1. The van der Waals surface area contributed by atoms with Gasteiger partial charge in [-0.05, 0) is 55.3 Å². The Hall–Kier alpha value is -2.94. The number of hydrogen-bond acceptors (Lipinski definition) is 7. The fourth-order valence-corrected chi connectivity index (χ4v) is 5.16. The Balaban J connectivity index is 1.70. The van der Waals surface area contributed by atoms with Crippen LogP contribution in [-0.2, 0) is 16.0 Å². The zero-order chi connectivity index (χ0) is 23.4. The number of ketones is 1. The van der Waals surface area contributed by atoms with Crippen LogP contribution in [0.15, 0.2) is 42.0 Å². The van der Waals surface area contributed by atoms with Gasteiger partial charge in [-0.2, -0.15) is 0 Å². The molecule has 3 aromatic rings. The molecule has 2 unspecified atom stereocenters. The van der Waals surface area contributed by atoms with E-state index in [0.29, 0.717) is 27.6 Å². The van der Waals surface area contributed by atoms with Gasteiger partial charge in [0.1, 0.15) is 22.6 Å². The number of nitrogens with zero attached hydrogens (tertiary/aromatic N) is 3. The highest BCUT2D eigenvalue weighted by Crippen LogP contribution is 2.44. The summed E-state index contributed by atoms with van der Waals surface area (Å²) in [7, 11) is 0. The average molecular weight is 502 g/mol. The molecule has 2 atom stereocenters. The number of Topliss-reactive ketones (excluding diaryl/α,β-unsaturated/α-hetero) is 1. The molecule has 2 aromatic carbocycles. The number of anilines is 1. The van der Waals surface area contributed by atoms with Crippen LogP contribution in [0.2, 0.25) is 10.0 Å². The summed E-state index contributed by atoms with van der Waals surface area (Å²) in [5.74, 6) is -1.16. The molecule has 1 amide bonds. The largest absolute Gasteiger partial charge is 0.507 e. The van der Waals surface area contributed by atoms with Crippen LogP contribution in [0.4, 0.5) is 5.13 Å². The van der Waals surface area contributed by atoms with Gasteiger partial charge in [0.15, 0.2) is 0 Å². The second kappa shape index (κ2) is 8.13. The summed E-state index contributed by atoms with van der Waals surface area (Å²) in [4.78, 5) is 27.6. The van der Waals surface area contributed by atoms with Crippen LogP contribution in [0.1, 0.15) is 34.7 Å². The number of aryl methyl sites for hydroxylation is 1. The van der Waals surface area contributed by atoms with Gasteiger partial charge in [0, 0.05) is 12.0 Å². The fraction of sp³-hybridized carbons (Fsp3) is 0.217. The van der Waals surface area contributed by atoms with Crippen LogP contribution in [0, 0.1) is 6.92 Å². The predicted octanol–water partition coefficient (Wildman–Crippen LogP) is 5.10. The highest BCUT2D eigenvalue weighted by atomic mass is 35.5. The smallest absolute Gasteiger partial charge is 0.301 e. The molecule has 0 spiro atoms. The summed E-state index contributed by atoms with van der Waals surface area (Å²) in [5, 5.41) is 20.8. The van der Waals surface area contributed by atoms with E-state index in [4.69, 9.17) is 27.9 Å². The minimum absolute atomic E-state index is 0.0276. The van der Waals surface area contributed by atoms with Crippen LogP contribution in [-0.4, -0.2) is 33.1 Å². The number of amides is 1. The monoisotopic (exact) mass is 501 g/mol. The average Bonchev–Trinajstić information content (AvgIpc) is 3.44. The lowest BCUT2D eigenvalue weighted by atomic mass is 9.94. The van der Waals surface area contributed by atoms with E-state index < -0.39 is 17.7 Å². The van der Waals surface area contributed by atoms with Gasteiger partial charge in [0.05, 0.1) is 21.7 Å². The number of halogens is 2. The predicted molar refractivity (Wildman–Crippen MR) is 126 cm³/mol. The van der Waals surface area contributed by atoms with E-state index in [1.165, 1.54) is 16.2 Å². The van der Waals surface area contributed by atoms with Crippen molar-refractivity contribution in [2.45, 2.75) is 32.4 Å². The summed E-state index contributed by atoms with van der Waals surface area (Å²) in [5.41, 5.74) is 1.80. The first-order valence-electron chi connectivity index (χ1n) is 10.1. The van der Waals surface area contributed by atoms with E-state index in [1.54, 1.807) is 43.3 Å². The molecule has 0 bridgehead atoms. The van der Waals surface area contributed by atoms with Crippen molar-refractivity contribution in [3.63, 3.8) is 0 Å². The van der Waals surface area contributed by atoms with Gasteiger partial charge >= 0.3 is 5.91 Å². The molecule has 0 aliphatic carbocycles. The molecule has 1 aromatic heterocycles. The third-order valence-corrected chi connectivity index (χ3v) is 7.17. The van der Waals surface area contributed by atoms with E-state index in [1.807, 2.05) is 6.92 Å². The maximum atomic E-state index is 13.2. The highest BCUT2D eigenvalue weighted by molar-refractivity contribution is 7.15. The standard InChI is InChI=1S/C23H17Cl2N3O4S/c1-10-7-14-8-13(4-6-17(14)32-10)20(29)18-19(12-3-5-15(24)16(25)9-12)28(22(31)21(18)30)23-27-26-11(2)33-23/h3-6,8-10,19,29H,7H2,1-2H3/b20-18-.